The molecule has 6 rings (SSSR count). The molecule has 0 aliphatic carbocycles. The Kier molecular flexibility index (Phi) is 7.69. The van der Waals surface area contributed by atoms with Crippen molar-refractivity contribution in [2.24, 2.45) is 0 Å². The number of rotatable bonds is 7. The van der Waals surface area contributed by atoms with Crippen molar-refractivity contribution >= 4 is 13.4 Å². The maximum absolute atomic E-state index is 4.86. The number of pyridine rings is 1. The predicted molar refractivity (Wildman–Crippen MR) is 159 cm³/mol. The van der Waals surface area contributed by atoms with Crippen molar-refractivity contribution in [3.8, 4) is 0 Å². The van der Waals surface area contributed by atoms with Crippen LogP contribution in [0.15, 0.2) is 146 Å². The largest absolute Gasteiger partial charge is 0.275 e. The molecule has 188 valence electrons. The number of benzene rings is 4. The van der Waals surface area contributed by atoms with Gasteiger partial charge in [0.1, 0.15) is 0 Å². The van der Waals surface area contributed by atoms with E-state index in [0.29, 0.717) is 0 Å². The van der Waals surface area contributed by atoms with Gasteiger partial charge in [-0.25, -0.2) is 0 Å². The van der Waals surface area contributed by atoms with Gasteiger partial charge in [0.15, 0.2) is 0 Å². The first kappa shape index (κ1) is 24.7. The van der Waals surface area contributed by atoms with Crippen molar-refractivity contribution < 1.29 is 0 Å². The highest BCUT2D eigenvalue weighted by molar-refractivity contribution is 7.65. The molecular formula is C34H32N3P. The minimum Gasteiger partial charge on any atom is -0.275 e. The van der Waals surface area contributed by atoms with Gasteiger partial charge in [-0.05, 0) is 42.3 Å². The minimum absolute atomic E-state index is 0.168. The average Bonchev–Trinajstić information content (AvgIpc) is 3.00. The summed E-state index contributed by atoms with van der Waals surface area (Å²) in [6.07, 6.45) is 3.96. The van der Waals surface area contributed by atoms with E-state index in [1.165, 1.54) is 27.7 Å². The molecule has 1 aliphatic heterocycles. The Bertz CT molecular complexity index is 1230. The fourth-order valence-corrected chi connectivity index (χ4v) is 7.88. The highest BCUT2D eigenvalue weighted by Crippen LogP contribution is 2.46. The van der Waals surface area contributed by atoms with Gasteiger partial charge in [-0.15, -0.1) is 0 Å². The van der Waals surface area contributed by atoms with Crippen molar-refractivity contribution in [3.63, 3.8) is 0 Å². The van der Waals surface area contributed by atoms with Gasteiger partial charge < -0.3 is 0 Å². The van der Waals surface area contributed by atoms with Gasteiger partial charge in [-0.2, -0.15) is 0 Å². The van der Waals surface area contributed by atoms with Gasteiger partial charge in [0.25, 0.3) is 0 Å². The van der Waals surface area contributed by atoms with Crippen LogP contribution in [0.25, 0.3) is 0 Å². The summed E-state index contributed by atoms with van der Waals surface area (Å²) in [7, 11) is -0.531. The Hall–Kier alpha value is -3.62. The number of nitrogens with zero attached hydrogens (tertiary/aromatic N) is 3. The van der Waals surface area contributed by atoms with Crippen LogP contribution in [0, 0.1) is 0 Å². The molecule has 1 aromatic heterocycles. The molecule has 0 saturated carbocycles. The second kappa shape index (κ2) is 11.8. The first-order valence-electron chi connectivity index (χ1n) is 13.2. The number of hydrogen-bond donors (Lipinski definition) is 0. The summed E-state index contributed by atoms with van der Waals surface area (Å²) < 4.78 is 0. The molecule has 0 N–H and O–H groups in total. The standard InChI is InChI=1S/C34H32N3P/c1-5-15-28(16-6-1)33(29-17-7-2-8-18-29)36-25-37(27-38(26-36)32-23-13-14-24-35-32)34(30-19-9-3-10-20-30)31-21-11-4-12-22-31/h1-24,33-34H,25-27H2. The molecule has 3 nitrogen and oxygen atoms in total. The minimum atomic E-state index is -0.531. The molecule has 0 bridgehead atoms. The van der Waals surface area contributed by atoms with Crippen molar-refractivity contribution in [3.05, 3.63) is 168 Å². The smallest absolute Gasteiger partial charge is 0.0656 e. The lowest BCUT2D eigenvalue weighted by atomic mass is 9.96. The van der Waals surface area contributed by atoms with E-state index in [1.54, 1.807) is 0 Å². The monoisotopic (exact) mass is 513 g/mol. The van der Waals surface area contributed by atoms with Crippen molar-refractivity contribution in [1.29, 1.82) is 0 Å². The summed E-state index contributed by atoms with van der Waals surface area (Å²) in [5.74, 6) is 0. The average molecular weight is 514 g/mol. The van der Waals surface area contributed by atoms with Crippen LogP contribution in [0.5, 0.6) is 0 Å². The Morgan fingerprint density at radius 1 is 0.474 bits per heavy atom. The predicted octanol–water partition coefficient (Wildman–Crippen LogP) is 7.26. The summed E-state index contributed by atoms with van der Waals surface area (Å²) in [6, 6.07) is 50.5. The van der Waals surface area contributed by atoms with Crippen LogP contribution in [-0.4, -0.2) is 34.0 Å². The zero-order chi connectivity index (χ0) is 25.6. The van der Waals surface area contributed by atoms with Gasteiger partial charge in [0.05, 0.1) is 24.2 Å². The summed E-state index contributed by atoms with van der Waals surface area (Å²) in [4.78, 5) is 10.2. The van der Waals surface area contributed by atoms with Crippen LogP contribution in [0.4, 0.5) is 0 Å². The summed E-state index contributed by atoms with van der Waals surface area (Å²) in [6.45, 7) is 0.870. The maximum Gasteiger partial charge on any atom is 0.0656 e. The zero-order valence-corrected chi connectivity index (χ0v) is 22.3. The highest BCUT2D eigenvalue weighted by atomic mass is 31.1. The van der Waals surface area contributed by atoms with Gasteiger partial charge in [-0.1, -0.05) is 127 Å². The normalized spacial score (nSPS) is 15.2. The second-order valence-electron chi connectivity index (χ2n) is 9.78. The molecule has 5 aromatic rings. The van der Waals surface area contributed by atoms with E-state index < -0.39 is 7.92 Å². The summed E-state index contributed by atoms with van der Waals surface area (Å²) >= 11 is 0. The maximum atomic E-state index is 4.86. The number of hydrogen-bond acceptors (Lipinski definition) is 3. The lowest BCUT2D eigenvalue weighted by Crippen LogP contribution is -2.48. The molecule has 0 atom stereocenters. The molecule has 1 aliphatic rings. The molecule has 0 spiro atoms. The molecule has 0 unspecified atom stereocenters. The van der Waals surface area contributed by atoms with Crippen LogP contribution in [0.1, 0.15) is 34.3 Å². The van der Waals surface area contributed by atoms with Gasteiger partial charge >= 0.3 is 0 Å². The lowest BCUT2D eigenvalue weighted by Gasteiger charge is -2.47. The third kappa shape index (κ3) is 5.47. The number of aromatic nitrogens is 1. The van der Waals surface area contributed by atoms with Crippen LogP contribution in [0.3, 0.4) is 0 Å². The zero-order valence-electron chi connectivity index (χ0n) is 21.4. The molecule has 0 amide bonds. The second-order valence-corrected chi connectivity index (χ2v) is 11.9. The van der Waals surface area contributed by atoms with E-state index in [1.807, 2.05) is 12.3 Å². The topological polar surface area (TPSA) is 19.4 Å². The Balaban J connectivity index is 1.46. The third-order valence-electron chi connectivity index (χ3n) is 7.23. The van der Waals surface area contributed by atoms with E-state index in [9.17, 15) is 0 Å². The Morgan fingerprint density at radius 2 is 0.842 bits per heavy atom. The molecule has 1 fully saturated rings. The molecule has 38 heavy (non-hydrogen) atoms. The Labute approximate surface area is 227 Å². The summed E-state index contributed by atoms with van der Waals surface area (Å²) in [5.41, 5.74) is 6.52. The Morgan fingerprint density at radius 3 is 1.18 bits per heavy atom. The molecule has 2 heterocycles. The summed E-state index contributed by atoms with van der Waals surface area (Å²) in [5, 5.41) is 0. The van der Waals surface area contributed by atoms with Gasteiger partial charge in [-0.3, -0.25) is 14.8 Å². The van der Waals surface area contributed by atoms with E-state index >= 15 is 0 Å². The fourth-order valence-electron chi connectivity index (χ4n) is 5.59. The molecule has 4 aromatic carbocycles. The first-order chi connectivity index (χ1) is 18.9. The van der Waals surface area contributed by atoms with E-state index in [4.69, 9.17) is 4.98 Å². The SMILES string of the molecule is c1ccc(C(c2ccccc2)N2CN(C(c3ccccc3)c3ccccc3)CP(c3ccccn3)C2)cc1. The van der Waals surface area contributed by atoms with Gasteiger partial charge in [0, 0.05) is 18.8 Å². The van der Waals surface area contributed by atoms with Crippen molar-refractivity contribution in [2.75, 3.05) is 19.2 Å². The quantitative estimate of drug-likeness (QED) is 0.214. The third-order valence-corrected chi connectivity index (χ3v) is 9.55. The molecule has 0 radical (unpaired) electrons. The fraction of sp³-hybridized carbons (Fsp3) is 0.147. The van der Waals surface area contributed by atoms with Gasteiger partial charge in [0.2, 0.25) is 0 Å². The lowest BCUT2D eigenvalue weighted by molar-refractivity contribution is 0.104. The first-order valence-corrected chi connectivity index (χ1v) is 14.9. The molecule has 1 saturated heterocycles. The molecular weight excluding hydrogens is 481 g/mol. The van der Waals surface area contributed by atoms with E-state index in [0.717, 1.165) is 19.2 Å². The highest BCUT2D eigenvalue weighted by Gasteiger charge is 2.36. The van der Waals surface area contributed by atoms with Crippen LogP contribution in [-0.2, 0) is 0 Å². The van der Waals surface area contributed by atoms with Crippen molar-refractivity contribution in [1.82, 2.24) is 14.8 Å². The van der Waals surface area contributed by atoms with E-state index in [2.05, 4.69) is 143 Å². The molecule has 4 heteroatoms. The van der Waals surface area contributed by atoms with Crippen LogP contribution in [0.2, 0.25) is 0 Å². The van der Waals surface area contributed by atoms with Crippen LogP contribution >= 0.6 is 7.92 Å². The van der Waals surface area contributed by atoms with Crippen molar-refractivity contribution in [2.45, 2.75) is 12.1 Å². The van der Waals surface area contributed by atoms with Crippen LogP contribution < -0.4 is 5.44 Å². The van der Waals surface area contributed by atoms with E-state index in [-0.39, 0.29) is 12.1 Å².